The van der Waals surface area contributed by atoms with Crippen molar-refractivity contribution in [2.24, 2.45) is 0 Å². The third kappa shape index (κ3) is 2.01. The highest BCUT2D eigenvalue weighted by atomic mass is 79.9. The molecule has 0 atom stereocenters. The first-order chi connectivity index (χ1) is 7.09. The molecule has 1 aromatic heterocycles. The summed E-state index contributed by atoms with van der Waals surface area (Å²) in [5.41, 5.74) is 2.02. The molecule has 15 heavy (non-hydrogen) atoms. The van der Waals surface area contributed by atoms with Gasteiger partial charge in [0.25, 0.3) is 0 Å². The van der Waals surface area contributed by atoms with Gasteiger partial charge in [-0.05, 0) is 39.5 Å². The van der Waals surface area contributed by atoms with Crippen molar-refractivity contribution >= 4 is 38.4 Å². The molecule has 1 nitrogen and oxygen atoms in total. The van der Waals surface area contributed by atoms with Crippen molar-refractivity contribution in [2.45, 2.75) is 19.8 Å². The minimum absolute atomic E-state index is 0.397. The van der Waals surface area contributed by atoms with E-state index in [9.17, 15) is 0 Å². The number of hydrogen-bond acceptors (Lipinski definition) is 1. The van der Waals surface area contributed by atoms with Crippen LogP contribution in [-0.2, 0) is 0 Å². The Labute approximate surface area is 103 Å². The lowest BCUT2D eigenvalue weighted by Gasteiger charge is -2.09. The van der Waals surface area contributed by atoms with E-state index in [1.165, 1.54) is 0 Å². The van der Waals surface area contributed by atoms with Gasteiger partial charge in [-0.25, -0.2) is 4.98 Å². The summed E-state index contributed by atoms with van der Waals surface area (Å²) in [5.74, 6) is 0.397. The standard InChI is InChI=1S/C12H11BrClN/c1-7(2)9-6-8-4-3-5-10(13)11(8)15-12(9)14/h3-7H,1-2H3. The van der Waals surface area contributed by atoms with E-state index in [1.807, 2.05) is 12.1 Å². The average Bonchev–Trinajstić information content (AvgIpc) is 2.18. The zero-order chi connectivity index (χ0) is 11.0. The molecule has 0 aliphatic carbocycles. The third-order valence-corrected chi connectivity index (χ3v) is 3.34. The van der Waals surface area contributed by atoms with Crippen molar-refractivity contribution in [1.82, 2.24) is 4.98 Å². The molecular formula is C12H11BrClN. The fraction of sp³-hybridized carbons (Fsp3) is 0.250. The zero-order valence-electron chi connectivity index (χ0n) is 8.59. The lowest BCUT2D eigenvalue weighted by molar-refractivity contribution is 0.862. The zero-order valence-corrected chi connectivity index (χ0v) is 10.9. The van der Waals surface area contributed by atoms with Crippen LogP contribution in [0.25, 0.3) is 10.9 Å². The highest BCUT2D eigenvalue weighted by Gasteiger charge is 2.09. The summed E-state index contributed by atoms with van der Waals surface area (Å²) in [6, 6.07) is 8.14. The smallest absolute Gasteiger partial charge is 0.133 e. The van der Waals surface area contributed by atoms with E-state index >= 15 is 0 Å². The summed E-state index contributed by atoms with van der Waals surface area (Å²) < 4.78 is 0.984. The fourth-order valence-corrected chi connectivity index (χ4v) is 2.39. The van der Waals surface area contributed by atoms with Gasteiger partial charge in [-0.2, -0.15) is 0 Å². The molecule has 2 aromatic rings. The molecule has 3 heteroatoms. The summed E-state index contributed by atoms with van der Waals surface area (Å²) in [6.45, 7) is 4.24. The molecule has 0 fully saturated rings. The van der Waals surface area contributed by atoms with Crippen LogP contribution in [0.3, 0.4) is 0 Å². The van der Waals surface area contributed by atoms with Crippen LogP contribution in [0.2, 0.25) is 5.15 Å². The Morgan fingerprint density at radius 2 is 2.07 bits per heavy atom. The lowest BCUT2D eigenvalue weighted by Crippen LogP contribution is -1.92. The van der Waals surface area contributed by atoms with Gasteiger partial charge in [0.1, 0.15) is 5.15 Å². The Balaban J connectivity index is 2.76. The van der Waals surface area contributed by atoms with Crippen LogP contribution in [0.1, 0.15) is 25.3 Å². The fourth-order valence-electron chi connectivity index (χ4n) is 1.56. The molecule has 0 saturated carbocycles. The van der Waals surface area contributed by atoms with Gasteiger partial charge in [0.05, 0.1) is 5.52 Å². The van der Waals surface area contributed by atoms with Gasteiger partial charge < -0.3 is 0 Å². The molecule has 0 bridgehead atoms. The highest BCUT2D eigenvalue weighted by Crippen LogP contribution is 2.29. The minimum atomic E-state index is 0.397. The molecule has 0 aliphatic rings. The molecule has 0 radical (unpaired) electrons. The van der Waals surface area contributed by atoms with Gasteiger partial charge in [-0.1, -0.05) is 37.6 Å². The lowest BCUT2D eigenvalue weighted by atomic mass is 10.0. The number of pyridine rings is 1. The van der Waals surface area contributed by atoms with E-state index in [2.05, 4.69) is 46.9 Å². The van der Waals surface area contributed by atoms with Gasteiger partial charge >= 0.3 is 0 Å². The molecule has 0 N–H and O–H groups in total. The van der Waals surface area contributed by atoms with Gasteiger partial charge in [0.2, 0.25) is 0 Å². The summed E-state index contributed by atoms with van der Waals surface area (Å²) >= 11 is 9.61. The Hall–Kier alpha value is -0.600. The Morgan fingerprint density at radius 3 is 2.73 bits per heavy atom. The van der Waals surface area contributed by atoms with E-state index in [0.29, 0.717) is 11.1 Å². The van der Waals surface area contributed by atoms with E-state index in [1.54, 1.807) is 0 Å². The SMILES string of the molecule is CC(C)c1cc2cccc(Br)c2nc1Cl. The predicted molar refractivity (Wildman–Crippen MR) is 68.5 cm³/mol. The van der Waals surface area contributed by atoms with Crippen molar-refractivity contribution in [3.63, 3.8) is 0 Å². The number of fused-ring (bicyclic) bond motifs is 1. The Kier molecular flexibility index (Phi) is 2.98. The molecular weight excluding hydrogens is 273 g/mol. The second kappa shape index (κ2) is 4.11. The second-order valence-electron chi connectivity index (χ2n) is 3.83. The molecule has 1 aromatic carbocycles. The number of rotatable bonds is 1. The number of nitrogens with zero attached hydrogens (tertiary/aromatic N) is 1. The van der Waals surface area contributed by atoms with Crippen molar-refractivity contribution in [2.75, 3.05) is 0 Å². The molecule has 0 amide bonds. The first kappa shape index (κ1) is 10.9. The summed E-state index contributed by atoms with van der Waals surface area (Å²) in [6.07, 6.45) is 0. The first-order valence-electron chi connectivity index (χ1n) is 4.84. The second-order valence-corrected chi connectivity index (χ2v) is 5.05. The van der Waals surface area contributed by atoms with Crippen molar-refractivity contribution in [3.8, 4) is 0 Å². The quantitative estimate of drug-likeness (QED) is 0.687. The van der Waals surface area contributed by atoms with Crippen molar-refractivity contribution in [1.29, 1.82) is 0 Å². The van der Waals surface area contributed by atoms with Gasteiger partial charge in [-0.3, -0.25) is 0 Å². The van der Waals surface area contributed by atoms with E-state index < -0.39 is 0 Å². The maximum Gasteiger partial charge on any atom is 0.133 e. The van der Waals surface area contributed by atoms with Crippen molar-refractivity contribution in [3.05, 3.63) is 39.5 Å². The minimum Gasteiger partial charge on any atom is -0.235 e. The summed E-state index contributed by atoms with van der Waals surface area (Å²) in [5, 5.41) is 1.72. The predicted octanol–water partition coefficient (Wildman–Crippen LogP) is 4.77. The molecule has 0 spiro atoms. The number of para-hydroxylation sites is 1. The van der Waals surface area contributed by atoms with Gasteiger partial charge in [0, 0.05) is 9.86 Å². The Bertz CT molecular complexity index is 508. The van der Waals surface area contributed by atoms with Gasteiger partial charge in [0.15, 0.2) is 0 Å². The van der Waals surface area contributed by atoms with Crippen LogP contribution in [-0.4, -0.2) is 4.98 Å². The van der Waals surface area contributed by atoms with Crippen LogP contribution < -0.4 is 0 Å². The number of hydrogen-bond donors (Lipinski definition) is 0. The number of aromatic nitrogens is 1. The van der Waals surface area contributed by atoms with E-state index in [4.69, 9.17) is 11.6 Å². The van der Waals surface area contributed by atoms with Crippen molar-refractivity contribution < 1.29 is 0 Å². The maximum atomic E-state index is 6.14. The normalized spacial score (nSPS) is 11.3. The number of benzene rings is 1. The van der Waals surface area contributed by atoms with Gasteiger partial charge in [-0.15, -0.1) is 0 Å². The van der Waals surface area contributed by atoms with Crippen LogP contribution in [0.15, 0.2) is 28.7 Å². The third-order valence-electron chi connectivity index (χ3n) is 2.40. The maximum absolute atomic E-state index is 6.14. The molecule has 0 unspecified atom stereocenters. The molecule has 0 aliphatic heterocycles. The van der Waals surface area contributed by atoms with Crippen LogP contribution >= 0.6 is 27.5 Å². The largest absolute Gasteiger partial charge is 0.235 e. The highest BCUT2D eigenvalue weighted by molar-refractivity contribution is 9.10. The molecule has 78 valence electrons. The monoisotopic (exact) mass is 283 g/mol. The molecule has 2 rings (SSSR count). The van der Waals surface area contributed by atoms with E-state index in [0.717, 1.165) is 20.9 Å². The summed E-state index contributed by atoms with van der Waals surface area (Å²) in [4.78, 5) is 4.41. The number of halogens is 2. The van der Waals surface area contributed by atoms with Crippen LogP contribution in [0, 0.1) is 0 Å². The molecule has 0 saturated heterocycles. The van der Waals surface area contributed by atoms with E-state index in [-0.39, 0.29) is 0 Å². The Morgan fingerprint density at radius 1 is 1.33 bits per heavy atom. The topological polar surface area (TPSA) is 12.9 Å². The van der Waals surface area contributed by atoms with Crippen LogP contribution in [0.5, 0.6) is 0 Å². The van der Waals surface area contributed by atoms with Crippen LogP contribution in [0.4, 0.5) is 0 Å². The average molecular weight is 285 g/mol. The first-order valence-corrected chi connectivity index (χ1v) is 6.01. The summed E-state index contributed by atoms with van der Waals surface area (Å²) in [7, 11) is 0. The molecule has 1 heterocycles.